The smallest absolute Gasteiger partial charge is 0.141 e. The molecule has 7 nitrogen and oxygen atoms in total. The lowest BCUT2D eigenvalue weighted by atomic mass is 10.1. The summed E-state index contributed by atoms with van der Waals surface area (Å²) in [4.78, 5) is 23.6. The lowest BCUT2D eigenvalue weighted by Crippen LogP contribution is -2.37. The fourth-order valence-corrected chi connectivity index (χ4v) is 3.27. The van der Waals surface area contributed by atoms with E-state index in [1.54, 1.807) is 10.9 Å². The summed E-state index contributed by atoms with van der Waals surface area (Å²) in [6.07, 6.45) is 6.39. The third kappa shape index (κ3) is 4.37. The zero-order chi connectivity index (χ0) is 18.6. The fraction of sp³-hybridized carbons (Fsp3) is 0.400. The van der Waals surface area contributed by atoms with E-state index >= 15 is 0 Å². The number of benzene rings is 1. The van der Waals surface area contributed by atoms with Gasteiger partial charge in [0.15, 0.2) is 0 Å². The molecule has 0 spiro atoms. The van der Waals surface area contributed by atoms with Crippen LogP contribution in [0.1, 0.15) is 12.2 Å². The van der Waals surface area contributed by atoms with Crippen molar-refractivity contribution >= 4 is 16.7 Å². The summed E-state index contributed by atoms with van der Waals surface area (Å²) in [5.41, 5.74) is 2.95. The zero-order valence-electron chi connectivity index (χ0n) is 15.5. The molecule has 27 heavy (non-hydrogen) atoms. The molecule has 3 aromatic rings. The van der Waals surface area contributed by atoms with E-state index in [9.17, 15) is 4.79 Å². The summed E-state index contributed by atoms with van der Waals surface area (Å²) in [5, 5.41) is 5.18. The van der Waals surface area contributed by atoms with Crippen LogP contribution in [0.5, 0.6) is 0 Å². The van der Waals surface area contributed by atoms with Gasteiger partial charge in [0.1, 0.15) is 11.6 Å². The first-order valence-corrected chi connectivity index (χ1v) is 9.24. The van der Waals surface area contributed by atoms with Crippen LogP contribution in [0.3, 0.4) is 0 Å². The Hall–Kier alpha value is -2.64. The molecule has 1 aliphatic heterocycles. The highest BCUT2D eigenvalue weighted by atomic mass is 16.5. The summed E-state index contributed by atoms with van der Waals surface area (Å²) in [6.45, 7) is 4.08. The molecule has 140 valence electrons. The Morgan fingerprint density at radius 3 is 2.81 bits per heavy atom. The number of rotatable bonds is 6. The van der Waals surface area contributed by atoms with Gasteiger partial charge in [-0.3, -0.25) is 14.4 Å². The van der Waals surface area contributed by atoms with Gasteiger partial charge in [0, 0.05) is 56.4 Å². The van der Waals surface area contributed by atoms with Crippen molar-refractivity contribution in [3.63, 3.8) is 0 Å². The normalized spacial score (nSPS) is 15.3. The number of hydrogen-bond donors (Lipinski definition) is 0. The third-order valence-electron chi connectivity index (χ3n) is 4.84. The van der Waals surface area contributed by atoms with Crippen molar-refractivity contribution in [3.8, 4) is 11.1 Å². The lowest BCUT2D eigenvalue weighted by Gasteiger charge is -2.26. The van der Waals surface area contributed by atoms with Crippen LogP contribution in [0, 0.1) is 0 Å². The van der Waals surface area contributed by atoms with Gasteiger partial charge in [-0.25, -0.2) is 9.97 Å². The summed E-state index contributed by atoms with van der Waals surface area (Å²) in [7, 11) is 1.90. The molecule has 0 unspecified atom stereocenters. The average molecular weight is 365 g/mol. The Morgan fingerprint density at radius 2 is 2.04 bits per heavy atom. The second-order valence-corrected chi connectivity index (χ2v) is 6.88. The van der Waals surface area contributed by atoms with Crippen molar-refractivity contribution in [1.82, 2.24) is 24.6 Å². The maximum atomic E-state index is 12.3. The van der Waals surface area contributed by atoms with E-state index in [1.807, 2.05) is 37.6 Å². The maximum absolute atomic E-state index is 12.3. The van der Waals surface area contributed by atoms with Crippen molar-refractivity contribution < 1.29 is 9.53 Å². The van der Waals surface area contributed by atoms with Gasteiger partial charge in [-0.05, 0) is 11.6 Å². The van der Waals surface area contributed by atoms with Gasteiger partial charge < -0.3 is 4.74 Å². The van der Waals surface area contributed by atoms with Crippen LogP contribution in [-0.4, -0.2) is 63.3 Å². The van der Waals surface area contributed by atoms with Gasteiger partial charge >= 0.3 is 0 Å². The van der Waals surface area contributed by atoms with Gasteiger partial charge in [0.05, 0.1) is 31.3 Å². The number of nitrogens with zero attached hydrogens (tertiary/aromatic N) is 5. The molecule has 0 amide bonds. The minimum absolute atomic E-state index is 0.171. The van der Waals surface area contributed by atoms with Gasteiger partial charge in [0.25, 0.3) is 0 Å². The molecular formula is C20H23N5O2. The van der Waals surface area contributed by atoms with Gasteiger partial charge in [-0.1, -0.05) is 12.1 Å². The van der Waals surface area contributed by atoms with Crippen LogP contribution in [0.4, 0.5) is 0 Å². The molecule has 0 saturated carbocycles. The fourth-order valence-electron chi connectivity index (χ4n) is 3.27. The van der Waals surface area contributed by atoms with Crippen molar-refractivity contribution in [2.45, 2.75) is 12.8 Å². The first kappa shape index (κ1) is 17.8. The summed E-state index contributed by atoms with van der Waals surface area (Å²) in [6, 6.07) is 6.06. The number of hydrogen-bond acceptors (Lipinski definition) is 6. The third-order valence-corrected chi connectivity index (χ3v) is 4.84. The van der Waals surface area contributed by atoms with Crippen molar-refractivity contribution in [2.75, 3.05) is 32.8 Å². The molecule has 3 heterocycles. The van der Waals surface area contributed by atoms with Crippen molar-refractivity contribution in [2.24, 2.45) is 7.05 Å². The van der Waals surface area contributed by atoms with Crippen LogP contribution in [0.2, 0.25) is 0 Å². The number of fused-ring (bicyclic) bond motifs is 1. The number of Topliss-reactive ketones (excluding diaryl/α,β-unsaturated/α-hetero) is 1. The lowest BCUT2D eigenvalue weighted by molar-refractivity contribution is -0.119. The summed E-state index contributed by atoms with van der Waals surface area (Å²) in [5.74, 6) is 0.752. The predicted octanol–water partition coefficient (Wildman–Crippen LogP) is 1.86. The Kier molecular flexibility index (Phi) is 5.22. The Morgan fingerprint density at radius 1 is 1.19 bits per heavy atom. The molecule has 1 fully saturated rings. The quantitative estimate of drug-likeness (QED) is 0.664. The van der Waals surface area contributed by atoms with Crippen LogP contribution < -0.4 is 0 Å². The number of aromatic nitrogens is 4. The number of carbonyl (C=O) groups excluding carboxylic acids is 1. The maximum Gasteiger partial charge on any atom is 0.141 e. The Bertz CT molecular complexity index is 946. The van der Waals surface area contributed by atoms with Crippen LogP contribution in [0.15, 0.2) is 36.8 Å². The minimum Gasteiger partial charge on any atom is -0.379 e. The highest BCUT2D eigenvalue weighted by Crippen LogP contribution is 2.22. The Labute approximate surface area is 158 Å². The van der Waals surface area contributed by atoms with Crippen LogP contribution in [-0.2, 0) is 23.0 Å². The monoisotopic (exact) mass is 365 g/mol. The van der Waals surface area contributed by atoms with E-state index < -0.39 is 0 Å². The molecule has 1 aliphatic rings. The summed E-state index contributed by atoms with van der Waals surface area (Å²) < 4.78 is 7.11. The molecule has 2 aromatic heterocycles. The highest BCUT2D eigenvalue weighted by Gasteiger charge is 2.13. The van der Waals surface area contributed by atoms with E-state index in [1.165, 1.54) is 0 Å². The SMILES string of the molecule is Cn1cc(-c2ccc3cnc(CC(=O)CCN4CCOCC4)nc3c2)cn1. The van der Waals surface area contributed by atoms with Crippen molar-refractivity contribution in [1.29, 1.82) is 0 Å². The van der Waals surface area contributed by atoms with Crippen LogP contribution in [0.25, 0.3) is 22.0 Å². The number of ether oxygens (including phenoxy) is 1. The minimum atomic E-state index is 0.171. The number of carbonyl (C=O) groups is 1. The predicted molar refractivity (Wildman–Crippen MR) is 102 cm³/mol. The second kappa shape index (κ2) is 7.94. The van der Waals surface area contributed by atoms with Crippen molar-refractivity contribution in [3.05, 3.63) is 42.6 Å². The van der Waals surface area contributed by atoms with E-state index in [2.05, 4.69) is 20.0 Å². The highest BCUT2D eigenvalue weighted by molar-refractivity contribution is 5.84. The molecule has 0 radical (unpaired) electrons. The standard InChI is InChI=1S/C20H23N5O2/c1-24-14-17(13-22-24)15-2-3-16-12-21-20(23-19(16)10-15)11-18(26)4-5-25-6-8-27-9-7-25/h2-3,10,12-14H,4-9,11H2,1H3. The zero-order valence-corrected chi connectivity index (χ0v) is 15.5. The van der Waals surface area contributed by atoms with Crippen LogP contribution >= 0.6 is 0 Å². The van der Waals surface area contributed by atoms with Gasteiger partial charge in [-0.15, -0.1) is 0 Å². The second-order valence-electron chi connectivity index (χ2n) is 6.88. The average Bonchev–Trinajstić information content (AvgIpc) is 3.13. The molecule has 0 N–H and O–H groups in total. The molecule has 1 aromatic carbocycles. The molecule has 0 atom stereocenters. The van der Waals surface area contributed by atoms with E-state index in [0.717, 1.165) is 54.9 Å². The first-order chi connectivity index (χ1) is 13.2. The molecule has 0 aliphatic carbocycles. The Balaban J connectivity index is 1.44. The topological polar surface area (TPSA) is 73.1 Å². The molecule has 1 saturated heterocycles. The number of morpholine rings is 1. The van der Waals surface area contributed by atoms with E-state index in [4.69, 9.17) is 4.74 Å². The van der Waals surface area contributed by atoms with E-state index in [-0.39, 0.29) is 12.2 Å². The van der Waals surface area contributed by atoms with E-state index in [0.29, 0.717) is 12.2 Å². The summed E-state index contributed by atoms with van der Waals surface area (Å²) >= 11 is 0. The first-order valence-electron chi connectivity index (χ1n) is 9.24. The number of aryl methyl sites for hydroxylation is 1. The number of ketones is 1. The van der Waals surface area contributed by atoms with Gasteiger partial charge in [-0.2, -0.15) is 5.10 Å². The molecule has 7 heteroatoms. The molecular weight excluding hydrogens is 342 g/mol. The van der Waals surface area contributed by atoms with Gasteiger partial charge in [0.2, 0.25) is 0 Å². The molecule has 4 rings (SSSR count). The largest absolute Gasteiger partial charge is 0.379 e. The molecule has 0 bridgehead atoms.